The summed E-state index contributed by atoms with van der Waals surface area (Å²) in [5.41, 5.74) is 1.59. The molecule has 4 heteroatoms. The SMILES string of the molecule is CC1=CCCCC1.[N-]=C=O.[N-]=C=O. The van der Waals surface area contributed by atoms with Gasteiger partial charge in [-0.25, -0.2) is 0 Å². The third-order valence-electron chi connectivity index (χ3n) is 1.52. The van der Waals surface area contributed by atoms with Gasteiger partial charge in [0.2, 0.25) is 0 Å². The van der Waals surface area contributed by atoms with E-state index >= 15 is 0 Å². The fraction of sp³-hybridized carbons (Fsp3) is 0.556. The highest BCUT2D eigenvalue weighted by atomic mass is 16.1. The van der Waals surface area contributed by atoms with E-state index in [0.29, 0.717) is 12.2 Å². The lowest BCUT2D eigenvalue weighted by atomic mass is 10.0. The molecule has 1 rings (SSSR count). The maximum absolute atomic E-state index is 8.24. The summed E-state index contributed by atoms with van der Waals surface area (Å²) in [5, 5.41) is 13.5. The predicted molar refractivity (Wildman–Crippen MR) is 50.3 cm³/mol. The second kappa shape index (κ2) is 13.1. The number of allylic oxidation sites excluding steroid dienone is 2. The maximum Gasteiger partial charge on any atom is -0.0159 e. The Labute approximate surface area is 77.7 Å². The third-order valence-corrected chi connectivity index (χ3v) is 1.52. The Morgan fingerprint density at radius 1 is 1.23 bits per heavy atom. The van der Waals surface area contributed by atoms with E-state index in [1.807, 2.05) is 0 Å². The zero-order chi connectivity index (χ0) is 10.5. The normalized spacial score (nSPS) is 12.8. The molecule has 1 aliphatic carbocycles. The van der Waals surface area contributed by atoms with E-state index in [-0.39, 0.29) is 0 Å². The van der Waals surface area contributed by atoms with Crippen molar-refractivity contribution in [2.24, 2.45) is 0 Å². The summed E-state index contributed by atoms with van der Waals surface area (Å²) in [6, 6.07) is 0. The van der Waals surface area contributed by atoms with E-state index in [2.05, 4.69) is 13.0 Å². The van der Waals surface area contributed by atoms with E-state index in [0.717, 1.165) is 0 Å². The van der Waals surface area contributed by atoms with Crippen molar-refractivity contribution in [2.45, 2.75) is 32.6 Å². The molecule has 1 aliphatic rings. The summed E-state index contributed by atoms with van der Waals surface area (Å²) in [4.78, 5) is 16.5. The zero-order valence-corrected chi connectivity index (χ0v) is 7.62. The van der Waals surface area contributed by atoms with Gasteiger partial charge in [0.1, 0.15) is 0 Å². The van der Waals surface area contributed by atoms with Gasteiger partial charge >= 0.3 is 0 Å². The van der Waals surface area contributed by atoms with Gasteiger partial charge in [-0.05, 0) is 44.8 Å². The molecule has 0 aromatic heterocycles. The van der Waals surface area contributed by atoms with Crippen LogP contribution in [0.15, 0.2) is 11.6 Å². The average Bonchev–Trinajstić information content (AvgIpc) is 2.08. The topological polar surface area (TPSA) is 78.7 Å². The highest BCUT2D eigenvalue weighted by molar-refractivity contribution is 5.37. The molecular weight excluding hydrogens is 168 g/mol. The number of carbonyl (C=O) groups excluding carboxylic acids is 2. The molecule has 0 amide bonds. The van der Waals surface area contributed by atoms with E-state index in [9.17, 15) is 0 Å². The van der Waals surface area contributed by atoms with Crippen molar-refractivity contribution >= 4 is 12.2 Å². The molecule has 0 unspecified atom stereocenters. The van der Waals surface area contributed by atoms with Crippen LogP contribution in [0.2, 0.25) is 0 Å². The summed E-state index contributed by atoms with van der Waals surface area (Å²) in [6.07, 6.45) is 8.86. The number of nitrogens with zero attached hydrogens (tertiary/aromatic N) is 2. The van der Waals surface area contributed by atoms with Crippen molar-refractivity contribution in [1.29, 1.82) is 0 Å². The van der Waals surface area contributed by atoms with Crippen molar-refractivity contribution in [1.82, 2.24) is 0 Å². The van der Waals surface area contributed by atoms with Crippen LogP contribution in [0, 0.1) is 0 Å². The molecule has 0 aromatic carbocycles. The van der Waals surface area contributed by atoms with Crippen LogP contribution in [0.1, 0.15) is 32.6 Å². The fourth-order valence-electron chi connectivity index (χ4n) is 0.999. The standard InChI is InChI=1S/C7H12.2CNO/c1-7-5-3-2-4-6-7;2*2-1-3/h5H,2-4,6H2,1H3;;/q;2*-1. The Kier molecular flexibility index (Phi) is 14.2. The minimum Gasteiger partial charge on any atom is -0.724 e. The minimum atomic E-state index is 0.500. The Morgan fingerprint density at radius 2 is 1.69 bits per heavy atom. The van der Waals surface area contributed by atoms with Gasteiger partial charge in [0.25, 0.3) is 0 Å². The molecule has 13 heavy (non-hydrogen) atoms. The zero-order valence-electron chi connectivity index (χ0n) is 7.62. The van der Waals surface area contributed by atoms with Crippen molar-refractivity contribution in [3.05, 3.63) is 22.5 Å². The molecule has 0 N–H and O–H groups in total. The molecule has 72 valence electrons. The average molecular weight is 180 g/mol. The second-order valence-corrected chi connectivity index (χ2v) is 2.48. The van der Waals surface area contributed by atoms with E-state index in [1.54, 1.807) is 5.57 Å². The van der Waals surface area contributed by atoms with Crippen molar-refractivity contribution < 1.29 is 9.59 Å². The van der Waals surface area contributed by atoms with Gasteiger partial charge in [0, 0.05) is 0 Å². The molecule has 0 saturated heterocycles. The van der Waals surface area contributed by atoms with Gasteiger partial charge in [0.05, 0.1) is 0 Å². The summed E-state index contributed by atoms with van der Waals surface area (Å²) < 4.78 is 0. The van der Waals surface area contributed by atoms with Crippen LogP contribution in [0.5, 0.6) is 0 Å². The molecule has 0 radical (unpaired) electrons. The highest BCUT2D eigenvalue weighted by Gasteiger charge is 1.95. The van der Waals surface area contributed by atoms with Crippen LogP contribution >= 0.6 is 0 Å². The van der Waals surface area contributed by atoms with E-state index < -0.39 is 0 Å². The molecule has 0 atom stereocenters. The van der Waals surface area contributed by atoms with Crippen molar-refractivity contribution in [3.8, 4) is 0 Å². The Morgan fingerprint density at radius 3 is 1.85 bits per heavy atom. The minimum absolute atomic E-state index is 0.500. The van der Waals surface area contributed by atoms with Crippen LogP contribution in [-0.2, 0) is 9.59 Å². The van der Waals surface area contributed by atoms with Crippen LogP contribution in [0.3, 0.4) is 0 Å². The number of rotatable bonds is 0. The van der Waals surface area contributed by atoms with Crippen LogP contribution in [0.25, 0.3) is 10.8 Å². The lowest BCUT2D eigenvalue weighted by Gasteiger charge is -2.05. The highest BCUT2D eigenvalue weighted by Crippen LogP contribution is 2.15. The summed E-state index contributed by atoms with van der Waals surface area (Å²) in [5.74, 6) is 0. The quantitative estimate of drug-likeness (QED) is 0.325. The number of hydrogen-bond acceptors (Lipinski definition) is 2. The fourth-order valence-corrected chi connectivity index (χ4v) is 0.999. The van der Waals surface area contributed by atoms with Gasteiger partial charge in [-0.2, -0.15) is 0 Å². The largest absolute Gasteiger partial charge is 0.724 e. The molecular formula is C9H12N2O2-2. The summed E-state index contributed by atoms with van der Waals surface area (Å²) >= 11 is 0. The first-order valence-corrected chi connectivity index (χ1v) is 3.91. The van der Waals surface area contributed by atoms with Gasteiger partial charge in [-0.3, -0.25) is 9.59 Å². The molecule has 0 heterocycles. The molecule has 0 spiro atoms. The predicted octanol–water partition coefficient (Wildman–Crippen LogP) is 2.29. The van der Waals surface area contributed by atoms with Gasteiger partial charge < -0.3 is 10.8 Å². The Hall–Kier alpha value is -1.50. The molecule has 4 nitrogen and oxygen atoms in total. The molecule has 0 aliphatic heterocycles. The van der Waals surface area contributed by atoms with Crippen LogP contribution in [0.4, 0.5) is 0 Å². The number of isocyanates is 2. The Balaban J connectivity index is 0. The molecule has 0 bridgehead atoms. The molecule has 0 fully saturated rings. The first-order chi connectivity index (χ1) is 6.22. The Bertz CT molecular complexity index is 198. The van der Waals surface area contributed by atoms with Gasteiger partial charge in [-0.15, -0.1) is 0 Å². The summed E-state index contributed by atoms with van der Waals surface area (Å²) in [6.45, 7) is 2.22. The number of hydrogen-bond donors (Lipinski definition) is 0. The monoisotopic (exact) mass is 180 g/mol. The van der Waals surface area contributed by atoms with Gasteiger partial charge in [-0.1, -0.05) is 11.6 Å². The first-order valence-electron chi connectivity index (χ1n) is 3.91. The lowest BCUT2D eigenvalue weighted by molar-refractivity contribution is 0.568. The van der Waals surface area contributed by atoms with E-state index in [4.69, 9.17) is 20.4 Å². The molecule has 0 aromatic rings. The first kappa shape index (κ1) is 14.0. The smallest absolute Gasteiger partial charge is 0.0159 e. The van der Waals surface area contributed by atoms with E-state index in [1.165, 1.54) is 25.7 Å². The van der Waals surface area contributed by atoms with Gasteiger partial charge in [0.15, 0.2) is 0 Å². The summed E-state index contributed by atoms with van der Waals surface area (Å²) in [7, 11) is 0. The van der Waals surface area contributed by atoms with Crippen molar-refractivity contribution in [3.63, 3.8) is 0 Å². The van der Waals surface area contributed by atoms with Crippen LogP contribution in [-0.4, -0.2) is 12.2 Å². The molecule has 0 saturated carbocycles. The maximum atomic E-state index is 8.24. The van der Waals surface area contributed by atoms with Crippen molar-refractivity contribution in [2.75, 3.05) is 0 Å². The third kappa shape index (κ3) is 18.0. The second-order valence-electron chi connectivity index (χ2n) is 2.48. The lowest BCUT2D eigenvalue weighted by Crippen LogP contribution is -1.85. The van der Waals surface area contributed by atoms with Crippen LogP contribution < -0.4 is 0 Å².